The Morgan fingerprint density at radius 2 is 1.81 bits per heavy atom. The van der Waals surface area contributed by atoms with Crippen molar-refractivity contribution in [3.63, 3.8) is 0 Å². The molecule has 0 unspecified atom stereocenters. The van der Waals surface area contributed by atoms with E-state index in [-0.39, 0.29) is 5.91 Å². The third-order valence-electron chi connectivity index (χ3n) is 7.86. The van der Waals surface area contributed by atoms with E-state index in [4.69, 9.17) is 21.3 Å². The van der Waals surface area contributed by atoms with E-state index in [1.807, 2.05) is 42.6 Å². The van der Waals surface area contributed by atoms with Crippen LogP contribution < -0.4 is 16.0 Å². The molecule has 1 aliphatic carbocycles. The van der Waals surface area contributed by atoms with E-state index in [0.29, 0.717) is 25.3 Å². The molecule has 2 aromatic carbocycles. The van der Waals surface area contributed by atoms with Gasteiger partial charge in [0.1, 0.15) is 0 Å². The number of nitrogens with zero attached hydrogens (tertiary/aromatic N) is 1. The quantitative estimate of drug-likeness (QED) is 0.120. The molecule has 0 radical (unpaired) electrons. The van der Waals surface area contributed by atoms with E-state index in [1.165, 1.54) is 36.7 Å². The van der Waals surface area contributed by atoms with Gasteiger partial charge in [-0.05, 0) is 92.5 Å². The number of carbonyl (C=O) groups is 2. The van der Waals surface area contributed by atoms with Crippen LogP contribution in [-0.2, 0) is 28.8 Å². The van der Waals surface area contributed by atoms with Crippen LogP contribution in [0.1, 0.15) is 68.7 Å². The monoisotopic (exact) mass is 589 g/mol. The van der Waals surface area contributed by atoms with Crippen molar-refractivity contribution in [2.45, 2.75) is 71.1 Å². The molecule has 2 aromatic heterocycles. The molecule has 0 fully saturated rings. The molecule has 222 valence electrons. The SMILES string of the molecule is CC(=O)NCCc1c[nH]c2ccc(NC(=O)OCCCCCCCNc3c4c(nc5ccc(Cl)cc35)CCCC4)cc12. The van der Waals surface area contributed by atoms with Gasteiger partial charge in [0.25, 0.3) is 0 Å². The highest BCUT2D eigenvalue weighted by molar-refractivity contribution is 6.31. The van der Waals surface area contributed by atoms with Crippen LogP contribution in [-0.4, -0.2) is 41.7 Å². The summed E-state index contributed by atoms with van der Waals surface area (Å²) in [6, 6.07) is 11.7. The van der Waals surface area contributed by atoms with Crippen LogP contribution in [0.5, 0.6) is 0 Å². The second kappa shape index (κ2) is 14.4. The van der Waals surface area contributed by atoms with Crippen molar-refractivity contribution in [2.24, 2.45) is 0 Å². The Labute approximate surface area is 252 Å². The minimum absolute atomic E-state index is 0.0455. The number of benzene rings is 2. The average molecular weight is 590 g/mol. The average Bonchev–Trinajstić information content (AvgIpc) is 3.37. The second-order valence-electron chi connectivity index (χ2n) is 11.0. The van der Waals surface area contributed by atoms with Gasteiger partial charge in [0.05, 0.1) is 12.1 Å². The zero-order valence-corrected chi connectivity index (χ0v) is 25.0. The third kappa shape index (κ3) is 7.73. The molecule has 2 heterocycles. The Hall–Kier alpha value is -3.78. The van der Waals surface area contributed by atoms with E-state index < -0.39 is 6.09 Å². The number of anilines is 2. The summed E-state index contributed by atoms with van der Waals surface area (Å²) in [6.07, 6.45) is 11.9. The van der Waals surface area contributed by atoms with E-state index in [1.54, 1.807) is 0 Å². The van der Waals surface area contributed by atoms with Crippen molar-refractivity contribution in [1.82, 2.24) is 15.3 Å². The summed E-state index contributed by atoms with van der Waals surface area (Å²) >= 11 is 6.32. The molecule has 2 amide bonds. The lowest BCUT2D eigenvalue weighted by atomic mass is 9.92. The minimum Gasteiger partial charge on any atom is -0.449 e. The summed E-state index contributed by atoms with van der Waals surface area (Å²) in [7, 11) is 0. The molecule has 0 bridgehead atoms. The van der Waals surface area contributed by atoms with E-state index >= 15 is 0 Å². The molecule has 0 aliphatic heterocycles. The number of pyridine rings is 1. The molecule has 42 heavy (non-hydrogen) atoms. The number of halogens is 1. The number of carbonyl (C=O) groups excluding carboxylic acids is 2. The van der Waals surface area contributed by atoms with Crippen molar-refractivity contribution in [2.75, 3.05) is 30.3 Å². The van der Waals surface area contributed by atoms with Crippen molar-refractivity contribution < 1.29 is 14.3 Å². The van der Waals surface area contributed by atoms with E-state index in [2.05, 4.69) is 20.9 Å². The summed E-state index contributed by atoms with van der Waals surface area (Å²) < 4.78 is 5.42. The van der Waals surface area contributed by atoms with Gasteiger partial charge in [0, 0.05) is 64.6 Å². The lowest BCUT2D eigenvalue weighted by Crippen LogP contribution is -2.22. The molecule has 9 heteroatoms. The highest BCUT2D eigenvalue weighted by atomic mass is 35.5. The number of rotatable bonds is 13. The number of ether oxygens (including phenoxy) is 1. The molecule has 0 atom stereocenters. The first kappa shape index (κ1) is 29.7. The fourth-order valence-corrected chi connectivity index (χ4v) is 5.90. The Morgan fingerprint density at radius 1 is 0.976 bits per heavy atom. The normalized spacial score (nSPS) is 12.7. The highest BCUT2D eigenvalue weighted by Crippen LogP contribution is 2.34. The van der Waals surface area contributed by atoms with Gasteiger partial charge >= 0.3 is 6.09 Å². The van der Waals surface area contributed by atoms with Crippen molar-refractivity contribution in [3.05, 3.63) is 64.4 Å². The number of fused-ring (bicyclic) bond motifs is 3. The number of aromatic amines is 1. The molecule has 4 N–H and O–H groups in total. The molecular weight excluding hydrogens is 550 g/mol. The predicted molar refractivity (Wildman–Crippen MR) is 171 cm³/mol. The van der Waals surface area contributed by atoms with Crippen LogP contribution in [0.2, 0.25) is 5.02 Å². The van der Waals surface area contributed by atoms with Gasteiger partial charge in [-0.3, -0.25) is 15.1 Å². The maximum atomic E-state index is 12.3. The lowest BCUT2D eigenvalue weighted by Gasteiger charge is -2.22. The smallest absolute Gasteiger partial charge is 0.411 e. The number of unbranched alkanes of at least 4 members (excludes halogenated alkanes) is 4. The molecule has 0 spiro atoms. The van der Waals surface area contributed by atoms with Gasteiger partial charge in [-0.15, -0.1) is 0 Å². The molecule has 4 aromatic rings. The van der Waals surface area contributed by atoms with Crippen LogP contribution in [0.15, 0.2) is 42.6 Å². The highest BCUT2D eigenvalue weighted by Gasteiger charge is 2.18. The number of H-pyrrole nitrogens is 1. The molecular formula is C33H40ClN5O3. The number of hydrogen-bond acceptors (Lipinski definition) is 5. The standard InChI is InChI=1S/C33H40ClN5O3/c1-22(40)35-17-15-23-21-37-29-14-12-25(20-27(23)29)38-33(41)42-18-8-4-2-3-7-16-36-32-26-9-5-6-10-30(26)39-31-13-11-24(34)19-28(31)32/h11-14,19-21,37H,2-10,15-18H2,1H3,(H,35,40)(H,36,39)(H,38,41). The Morgan fingerprint density at radius 3 is 2.69 bits per heavy atom. The van der Waals surface area contributed by atoms with Crippen LogP contribution in [0, 0.1) is 0 Å². The number of amides is 2. The van der Waals surface area contributed by atoms with Gasteiger partial charge in [-0.25, -0.2) is 4.79 Å². The summed E-state index contributed by atoms with van der Waals surface area (Å²) in [5.41, 5.74) is 7.58. The molecule has 5 rings (SSSR count). The Kier molecular flexibility index (Phi) is 10.2. The van der Waals surface area contributed by atoms with Crippen molar-refractivity contribution in [1.29, 1.82) is 0 Å². The fraction of sp³-hybridized carbons (Fsp3) is 0.424. The molecule has 0 saturated heterocycles. The summed E-state index contributed by atoms with van der Waals surface area (Å²) in [6.45, 7) is 3.39. The van der Waals surface area contributed by atoms with Crippen molar-refractivity contribution >= 4 is 56.8 Å². The van der Waals surface area contributed by atoms with E-state index in [9.17, 15) is 9.59 Å². The fourth-order valence-electron chi connectivity index (χ4n) is 5.72. The first-order chi connectivity index (χ1) is 20.5. The van der Waals surface area contributed by atoms with E-state index in [0.717, 1.165) is 83.9 Å². The lowest BCUT2D eigenvalue weighted by molar-refractivity contribution is -0.118. The Bertz CT molecular complexity index is 1550. The first-order valence-electron chi connectivity index (χ1n) is 15.1. The van der Waals surface area contributed by atoms with Crippen LogP contribution in [0.4, 0.5) is 16.2 Å². The molecule has 0 saturated carbocycles. The van der Waals surface area contributed by atoms with Crippen molar-refractivity contribution in [3.8, 4) is 0 Å². The number of aromatic nitrogens is 2. The number of aryl methyl sites for hydroxylation is 1. The van der Waals surface area contributed by atoms with Crippen LogP contribution in [0.3, 0.4) is 0 Å². The summed E-state index contributed by atoms with van der Waals surface area (Å²) in [5.74, 6) is -0.0455. The topological polar surface area (TPSA) is 108 Å². The van der Waals surface area contributed by atoms with Crippen LogP contribution >= 0.6 is 11.6 Å². The van der Waals surface area contributed by atoms with Gasteiger partial charge in [0.15, 0.2) is 0 Å². The zero-order chi connectivity index (χ0) is 29.3. The van der Waals surface area contributed by atoms with Gasteiger partial charge in [-0.2, -0.15) is 0 Å². The number of hydrogen-bond donors (Lipinski definition) is 4. The summed E-state index contributed by atoms with van der Waals surface area (Å²) in [5, 5.41) is 12.2. The predicted octanol–water partition coefficient (Wildman–Crippen LogP) is 7.54. The second-order valence-corrected chi connectivity index (χ2v) is 11.5. The van der Waals surface area contributed by atoms with Gasteiger partial charge < -0.3 is 20.4 Å². The molecule has 1 aliphatic rings. The third-order valence-corrected chi connectivity index (χ3v) is 8.10. The van der Waals surface area contributed by atoms with Gasteiger partial charge in [-0.1, -0.05) is 30.9 Å². The maximum Gasteiger partial charge on any atom is 0.411 e. The largest absolute Gasteiger partial charge is 0.449 e. The first-order valence-corrected chi connectivity index (χ1v) is 15.5. The zero-order valence-electron chi connectivity index (χ0n) is 24.3. The maximum absolute atomic E-state index is 12.3. The minimum atomic E-state index is -0.443. The molecule has 8 nitrogen and oxygen atoms in total. The van der Waals surface area contributed by atoms with Crippen LogP contribution in [0.25, 0.3) is 21.8 Å². The van der Waals surface area contributed by atoms with Gasteiger partial charge in [0.2, 0.25) is 5.91 Å². The summed E-state index contributed by atoms with van der Waals surface area (Å²) in [4.78, 5) is 31.6. The number of nitrogens with one attached hydrogen (secondary N) is 4. The Balaban J connectivity index is 0.998.